The molecule has 4 aromatic rings. The van der Waals surface area contributed by atoms with Crippen molar-refractivity contribution in [3.63, 3.8) is 0 Å². The number of hydrogen-bond acceptors (Lipinski definition) is 7. The van der Waals surface area contributed by atoms with E-state index < -0.39 is 5.97 Å². The second-order valence-corrected chi connectivity index (χ2v) is 8.36. The molecular formula is C28H22N2O4S. The van der Waals surface area contributed by atoms with Crippen LogP contribution in [0.25, 0.3) is 34.0 Å². The first-order valence-corrected chi connectivity index (χ1v) is 11.6. The summed E-state index contributed by atoms with van der Waals surface area (Å²) in [6.45, 7) is 1.30. The zero-order valence-electron chi connectivity index (χ0n) is 19.4. The molecule has 1 heterocycles. The molecule has 1 aromatic heterocycles. The fourth-order valence-electron chi connectivity index (χ4n) is 3.53. The lowest BCUT2D eigenvalue weighted by Crippen LogP contribution is -2.05. The number of carbonyl (C=O) groups is 1. The molecule has 0 aliphatic carbocycles. The Morgan fingerprint density at radius 1 is 0.943 bits per heavy atom. The van der Waals surface area contributed by atoms with Crippen molar-refractivity contribution in [2.24, 2.45) is 0 Å². The SMILES string of the molecule is COc1cc(C=C(C#N)c2nc(-c3ccc(-c4ccccc4)cc3)cs2)cc(OC)c1OC(C)=O. The normalized spacial score (nSPS) is 11.0. The van der Waals surface area contributed by atoms with E-state index in [4.69, 9.17) is 14.2 Å². The molecule has 0 radical (unpaired) electrons. The van der Waals surface area contributed by atoms with Gasteiger partial charge in [0.2, 0.25) is 5.75 Å². The fourth-order valence-corrected chi connectivity index (χ4v) is 4.33. The lowest BCUT2D eigenvalue weighted by atomic mass is 10.0. The molecular weight excluding hydrogens is 460 g/mol. The molecule has 0 aliphatic heterocycles. The number of ether oxygens (including phenoxy) is 3. The highest BCUT2D eigenvalue weighted by molar-refractivity contribution is 7.11. The molecule has 35 heavy (non-hydrogen) atoms. The van der Waals surface area contributed by atoms with Crippen LogP contribution in [0.2, 0.25) is 0 Å². The van der Waals surface area contributed by atoms with E-state index in [-0.39, 0.29) is 5.75 Å². The second kappa shape index (κ2) is 10.7. The van der Waals surface area contributed by atoms with Crippen molar-refractivity contribution in [1.29, 1.82) is 5.26 Å². The first-order valence-electron chi connectivity index (χ1n) is 10.7. The first kappa shape index (κ1) is 23.7. The summed E-state index contributed by atoms with van der Waals surface area (Å²) in [5.74, 6) is 0.339. The number of carbonyl (C=O) groups excluding carboxylic acids is 1. The van der Waals surface area contributed by atoms with Gasteiger partial charge in [0, 0.05) is 17.9 Å². The molecule has 7 heteroatoms. The second-order valence-electron chi connectivity index (χ2n) is 7.50. The van der Waals surface area contributed by atoms with Crippen LogP contribution in [-0.2, 0) is 4.79 Å². The van der Waals surface area contributed by atoms with Crippen molar-refractivity contribution in [3.8, 4) is 45.7 Å². The summed E-state index contributed by atoms with van der Waals surface area (Å²) in [5, 5.41) is 12.4. The summed E-state index contributed by atoms with van der Waals surface area (Å²) >= 11 is 1.39. The maximum atomic E-state index is 11.5. The highest BCUT2D eigenvalue weighted by Crippen LogP contribution is 2.40. The molecule has 0 saturated carbocycles. The maximum absolute atomic E-state index is 11.5. The molecule has 3 aromatic carbocycles. The van der Waals surface area contributed by atoms with Gasteiger partial charge in [0.15, 0.2) is 11.5 Å². The van der Waals surface area contributed by atoms with E-state index in [2.05, 4.69) is 35.3 Å². The number of nitriles is 1. The van der Waals surface area contributed by atoms with Gasteiger partial charge in [-0.1, -0.05) is 54.6 Å². The monoisotopic (exact) mass is 482 g/mol. The Labute approximate surface area is 207 Å². The Balaban J connectivity index is 1.63. The van der Waals surface area contributed by atoms with Crippen molar-refractivity contribution < 1.29 is 19.0 Å². The molecule has 0 fully saturated rings. The van der Waals surface area contributed by atoms with Crippen LogP contribution in [0.3, 0.4) is 0 Å². The molecule has 0 spiro atoms. The van der Waals surface area contributed by atoms with Gasteiger partial charge < -0.3 is 14.2 Å². The van der Waals surface area contributed by atoms with Crippen LogP contribution in [0.1, 0.15) is 17.5 Å². The molecule has 0 bridgehead atoms. The van der Waals surface area contributed by atoms with Crippen LogP contribution >= 0.6 is 11.3 Å². The number of hydrogen-bond donors (Lipinski definition) is 0. The van der Waals surface area contributed by atoms with Crippen LogP contribution < -0.4 is 14.2 Å². The third kappa shape index (κ3) is 5.40. The quantitative estimate of drug-likeness (QED) is 0.170. The Bertz CT molecular complexity index is 1390. The molecule has 4 rings (SSSR count). The fraction of sp³-hybridized carbons (Fsp3) is 0.107. The minimum Gasteiger partial charge on any atom is -0.493 e. The summed E-state index contributed by atoms with van der Waals surface area (Å²) < 4.78 is 16.0. The average Bonchev–Trinajstić information content (AvgIpc) is 3.38. The van der Waals surface area contributed by atoms with Crippen molar-refractivity contribution >= 4 is 29.0 Å². The molecule has 6 nitrogen and oxygen atoms in total. The van der Waals surface area contributed by atoms with Gasteiger partial charge in [0.05, 0.1) is 25.5 Å². The van der Waals surface area contributed by atoms with Crippen molar-refractivity contribution in [3.05, 3.63) is 82.7 Å². The van der Waals surface area contributed by atoms with Crippen molar-refractivity contribution in [2.75, 3.05) is 14.2 Å². The number of allylic oxidation sites excluding steroid dienone is 1. The topological polar surface area (TPSA) is 81.4 Å². The lowest BCUT2D eigenvalue weighted by molar-refractivity contribution is -0.132. The molecule has 0 unspecified atom stereocenters. The Morgan fingerprint density at radius 3 is 2.11 bits per heavy atom. The van der Waals surface area contributed by atoms with E-state index in [1.807, 2.05) is 35.7 Å². The van der Waals surface area contributed by atoms with E-state index in [0.29, 0.717) is 27.6 Å². The number of rotatable bonds is 7. The summed E-state index contributed by atoms with van der Waals surface area (Å²) in [5.41, 5.74) is 5.09. The third-order valence-corrected chi connectivity index (χ3v) is 6.06. The number of thiazole rings is 1. The molecule has 0 amide bonds. The minimum atomic E-state index is -0.491. The number of aromatic nitrogens is 1. The third-order valence-electron chi connectivity index (χ3n) is 5.18. The van der Waals surface area contributed by atoms with Crippen LogP contribution in [0.5, 0.6) is 17.2 Å². The number of benzene rings is 3. The largest absolute Gasteiger partial charge is 0.493 e. The predicted molar refractivity (Wildman–Crippen MR) is 137 cm³/mol. The van der Waals surface area contributed by atoms with E-state index in [1.165, 1.54) is 32.5 Å². The molecule has 0 aliphatic rings. The Morgan fingerprint density at radius 2 is 1.54 bits per heavy atom. The minimum absolute atomic E-state index is 0.189. The van der Waals surface area contributed by atoms with Gasteiger partial charge in [-0.3, -0.25) is 4.79 Å². The van der Waals surface area contributed by atoms with Gasteiger partial charge in [-0.05, 0) is 34.9 Å². The molecule has 174 valence electrons. The van der Waals surface area contributed by atoms with Crippen molar-refractivity contribution in [2.45, 2.75) is 6.92 Å². The van der Waals surface area contributed by atoms with Gasteiger partial charge in [0.25, 0.3) is 0 Å². The van der Waals surface area contributed by atoms with E-state index in [0.717, 1.165) is 22.4 Å². The summed E-state index contributed by atoms with van der Waals surface area (Å²) in [6.07, 6.45) is 1.70. The van der Waals surface area contributed by atoms with Crippen molar-refractivity contribution in [1.82, 2.24) is 4.98 Å². The molecule has 0 N–H and O–H groups in total. The summed E-state index contributed by atoms with van der Waals surface area (Å²) in [6, 6.07) is 23.9. The first-order chi connectivity index (χ1) is 17.0. The zero-order chi connectivity index (χ0) is 24.8. The number of esters is 1. The average molecular weight is 483 g/mol. The summed E-state index contributed by atoms with van der Waals surface area (Å²) in [7, 11) is 2.94. The van der Waals surface area contributed by atoms with Crippen LogP contribution in [0.4, 0.5) is 0 Å². The zero-order valence-corrected chi connectivity index (χ0v) is 20.3. The van der Waals surface area contributed by atoms with Crippen LogP contribution in [0.15, 0.2) is 72.1 Å². The van der Waals surface area contributed by atoms with Gasteiger partial charge in [0.1, 0.15) is 11.1 Å². The predicted octanol–water partition coefficient (Wildman–Crippen LogP) is 6.48. The van der Waals surface area contributed by atoms with Crippen LogP contribution in [-0.4, -0.2) is 25.2 Å². The van der Waals surface area contributed by atoms with Gasteiger partial charge in [-0.2, -0.15) is 5.26 Å². The van der Waals surface area contributed by atoms with E-state index in [9.17, 15) is 10.1 Å². The molecule has 0 atom stereocenters. The van der Waals surface area contributed by atoms with Gasteiger partial charge in [-0.25, -0.2) is 4.98 Å². The number of nitrogens with zero attached hydrogens (tertiary/aromatic N) is 2. The standard InChI is InChI=1S/C28H22N2O4S/c1-18(31)34-27-25(32-2)14-19(15-26(27)33-3)13-23(16-29)28-30-24(17-35-28)22-11-9-21(10-12-22)20-7-5-4-6-8-20/h4-15,17H,1-3H3. The maximum Gasteiger partial charge on any atom is 0.308 e. The van der Waals surface area contributed by atoms with Gasteiger partial charge in [-0.15, -0.1) is 11.3 Å². The lowest BCUT2D eigenvalue weighted by Gasteiger charge is -2.13. The van der Waals surface area contributed by atoms with Crippen LogP contribution in [0, 0.1) is 11.3 Å². The smallest absolute Gasteiger partial charge is 0.308 e. The highest BCUT2D eigenvalue weighted by Gasteiger charge is 2.17. The Kier molecular flexibility index (Phi) is 7.24. The van der Waals surface area contributed by atoms with Gasteiger partial charge >= 0.3 is 5.97 Å². The molecule has 0 saturated heterocycles. The Hall–Kier alpha value is -4.41. The van der Waals surface area contributed by atoms with E-state index >= 15 is 0 Å². The highest BCUT2D eigenvalue weighted by atomic mass is 32.1. The number of methoxy groups -OCH3 is 2. The van der Waals surface area contributed by atoms with E-state index in [1.54, 1.807) is 18.2 Å². The summed E-state index contributed by atoms with van der Waals surface area (Å²) in [4.78, 5) is 16.1.